The summed E-state index contributed by atoms with van der Waals surface area (Å²) < 4.78 is 6.72. The second-order valence-electron chi connectivity index (χ2n) is 10.0. The SMILES string of the molecule is CCCCCC1COC(CC)(CCCC)CN(C(=O)CCCNCCC)c2ccccc2C1O. The summed E-state index contributed by atoms with van der Waals surface area (Å²) in [4.78, 5) is 15.5. The van der Waals surface area contributed by atoms with E-state index in [1.54, 1.807) is 0 Å². The summed E-state index contributed by atoms with van der Waals surface area (Å²) in [5.74, 6) is 0.161. The molecule has 0 bridgehead atoms. The van der Waals surface area contributed by atoms with Crippen molar-refractivity contribution in [1.29, 1.82) is 0 Å². The molecule has 0 spiro atoms. The van der Waals surface area contributed by atoms with Crippen LogP contribution >= 0.6 is 0 Å². The van der Waals surface area contributed by atoms with Crippen LogP contribution in [0.5, 0.6) is 0 Å². The molecule has 0 radical (unpaired) electrons. The molecule has 5 heteroatoms. The molecule has 5 nitrogen and oxygen atoms in total. The molecule has 1 aliphatic rings. The molecule has 1 amide bonds. The lowest BCUT2D eigenvalue weighted by Crippen LogP contribution is -2.48. The highest BCUT2D eigenvalue weighted by Gasteiger charge is 2.38. The standard InChI is InChI=1S/C29H50N2O3/c1-5-9-11-15-24-22-34-29(8-4,19-10-6-2)23-31(27(32)18-14-21-30-20-7-3)26-17-13-12-16-25(26)28(24)33/h12-13,16-17,24,28,30,33H,5-11,14-15,18-23H2,1-4H3. The number of hydrogen-bond donors (Lipinski definition) is 2. The van der Waals surface area contributed by atoms with Crippen LogP contribution in [0.15, 0.2) is 24.3 Å². The van der Waals surface area contributed by atoms with Crippen LogP contribution in [-0.2, 0) is 9.53 Å². The Morgan fingerprint density at radius 3 is 2.53 bits per heavy atom. The van der Waals surface area contributed by atoms with E-state index in [0.29, 0.717) is 19.6 Å². The minimum atomic E-state index is -0.631. The van der Waals surface area contributed by atoms with Crippen molar-refractivity contribution >= 4 is 11.6 Å². The predicted molar refractivity (Wildman–Crippen MR) is 142 cm³/mol. The van der Waals surface area contributed by atoms with Crippen LogP contribution in [0.25, 0.3) is 0 Å². The monoisotopic (exact) mass is 474 g/mol. The van der Waals surface area contributed by atoms with Gasteiger partial charge in [-0.05, 0) is 51.3 Å². The minimum absolute atomic E-state index is 0.0357. The average Bonchev–Trinajstić information content (AvgIpc) is 2.91. The van der Waals surface area contributed by atoms with Crippen LogP contribution in [0, 0.1) is 5.92 Å². The molecule has 34 heavy (non-hydrogen) atoms. The van der Waals surface area contributed by atoms with Gasteiger partial charge in [0.05, 0.1) is 24.9 Å². The number of benzene rings is 1. The van der Waals surface area contributed by atoms with Gasteiger partial charge in [-0.15, -0.1) is 0 Å². The van der Waals surface area contributed by atoms with Gasteiger partial charge in [0.25, 0.3) is 0 Å². The molecule has 194 valence electrons. The summed E-state index contributed by atoms with van der Waals surface area (Å²) >= 11 is 0. The fourth-order valence-corrected chi connectivity index (χ4v) is 4.99. The summed E-state index contributed by atoms with van der Waals surface area (Å²) in [6.45, 7) is 11.7. The first-order valence-electron chi connectivity index (χ1n) is 13.9. The van der Waals surface area contributed by atoms with Gasteiger partial charge in [-0.3, -0.25) is 4.79 Å². The minimum Gasteiger partial charge on any atom is -0.388 e. The van der Waals surface area contributed by atoms with Crippen LogP contribution in [0.2, 0.25) is 0 Å². The summed E-state index contributed by atoms with van der Waals surface area (Å²) in [6.07, 6.45) is 10.1. The van der Waals surface area contributed by atoms with E-state index in [2.05, 4.69) is 33.0 Å². The predicted octanol–water partition coefficient (Wildman–Crippen LogP) is 6.40. The molecule has 0 saturated carbocycles. The molecule has 2 rings (SSSR count). The number of aliphatic hydroxyl groups excluding tert-OH is 1. The number of anilines is 1. The van der Waals surface area contributed by atoms with Crippen molar-refractivity contribution in [2.45, 2.75) is 110 Å². The number of hydrogen-bond acceptors (Lipinski definition) is 4. The first-order chi connectivity index (χ1) is 16.5. The van der Waals surface area contributed by atoms with E-state index >= 15 is 0 Å². The zero-order valence-electron chi connectivity index (χ0n) is 22.3. The maximum Gasteiger partial charge on any atom is 0.227 e. The molecule has 1 heterocycles. The van der Waals surface area contributed by atoms with Crippen LogP contribution in [0.3, 0.4) is 0 Å². The van der Waals surface area contributed by atoms with E-state index in [1.807, 2.05) is 29.2 Å². The van der Waals surface area contributed by atoms with Gasteiger partial charge in [0.15, 0.2) is 0 Å². The van der Waals surface area contributed by atoms with Crippen molar-refractivity contribution in [2.24, 2.45) is 5.92 Å². The van der Waals surface area contributed by atoms with E-state index in [1.165, 1.54) is 0 Å². The summed E-state index contributed by atoms with van der Waals surface area (Å²) in [6, 6.07) is 7.98. The van der Waals surface area contributed by atoms with Crippen molar-refractivity contribution in [1.82, 2.24) is 5.32 Å². The molecule has 0 fully saturated rings. The fourth-order valence-electron chi connectivity index (χ4n) is 4.99. The second-order valence-corrected chi connectivity index (χ2v) is 10.0. The summed E-state index contributed by atoms with van der Waals surface area (Å²) in [7, 11) is 0. The van der Waals surface area contributed by atoms with Crippen molar-refractivity contribution < 1.29 is 14.6 Å². The molecular weight excluding hydrogens is 424 g/mol. The number of unbranched alkanes of at least 4 members (excludes halogenated alkanes) is 3. The molecule has 0 aromatic heterocycles. The molecule has 0 aliphatic carbocycles. The Balaban J connectivity index is 2.39. The Morgan fingerprint density at radius 2 is 1.82 bits per heavy atom. The molecule has 1 aliphatic heterocycles. The lowest BCUT2D eigenvalue weighted by molar-refractivity contribution is -0.121. The number of aliphatic hydroxyl groups is 1. The van der Waals surface area contributed by atoms with Gasteiger partial charge in [0.1, 0.15) is 0 Å². The van der Waals surface area contributed by atoms with Crippen LogP contribution in [0.4, 0.5) is 5.69 Å². The highest BCUT2D eigenvalue weighted by Crippen LogP contribution is 2.39. The Morgan fingerprint density at radius 1 is 1.06 bits per heavy atom. The zero-order valence-corrected chi connectivity index (χ0v) is 22.3. The van der Waals surface area contributed by atoms with Gasteiger partial charge in [0.2, 0.25) is 5.91 Å². The molecule has 3 atom stereocenters. The van der Waals surface area contributed by atoms with Gasteiger partial charge in [0, 0.05) is 23.6 Å². The van der Waals surface area contributed by atoms with E-state index in [0.717, 1.165) is 88.5 Å². The topological polar surface area (TPSA) is 61.8 Å². The van der Waals surface area contributed by atoms with Crippen LogP contribution in [-0.4, -0.2) is 42.9 Å². The normalized spacial score (nSPS) is 23.1. The zero-order chi connectivity index (χ0) is 24.8. The Labute approximate surface area is 208 Å². The number of ether oxygens (including phenoxy) is 1. The van der Waals surface area contributed by atoms with Crippen molar-refractivity contribution in [3.63, 3.8) is 0 Å². The molecule has 0 saturated heterocycles. The maximum absolute atomic E-state index is 13.6. The third-order valence-corrected chi connectivity index (χ3v) is 7.32. The third kappa shape index (κ3) is 8.35. The molecule has 3 unspecified atom stereocenters. The van der Waals surface area contributed by atoms with E-state index in [4.69, 9.17) is 4.74 Å². The van der Waals surface area contributed by atoms with Gasteiger partial charge in [-0.2, -0.15) is 0 Å². The van der Waals surface area contributed by atoms with Crippen molar-refractivity contribution in [3.8, 4) is 0 Å². The number of para-hydroxylation sites is 1. The lowest BCUT2D eigenvalue weighted by atomic mass is 9.90. The smallest absolute Gasteiger partial charge is 0.227 e. The Hall–Kier alpha value is -1.43. The lowest BCUT2D eigenvalue weighted by Gasteiger charge is -2.38. The third-order valence-electron chi connectivity index (χ3n) is 7.32. The van der Waals surface area contributed by atoms with Crippen molar-refractivity contribution in [2.75, 3.05) is 31.1 Å². The molecule has 2 N–H and O–H groups in total. The van der Waals surface area contributed by atoms with Gasteiger partial charge >= 0.3 is 0 Å². The van der Waals surface area contributed by atoms with Crippen molar-refractivity contribution in [3.05, 3.63) is 29.8 Å². The Kier molecular flexibility index (Phi) is 13.2. The first-order valence-corrected chi connectivity index (χ1v) is 13.9. The molecule has 1 aromatic carbocycles. The quantitative estimate of drug-likeness (QED) is 0.306. The highest BCUT2D eigenvalue weighted by atomic mass is 16.5. The van der Waals surface area contributed by atoms with Gasteiger partial charge in [-0.1, -0.05) is 78.0 Å². The number of fused-ring (bicyclic) bond motifs is 1. The summed E-state index contributed by atoms with van der Waals surface area (Å²) in [5, 5.41) is 14.9. The number of nitrogens with zero attached hydrogens (tertiary/aromatic N) is 1. The number of carbonyl (C=O) groups is 1. The summed E-state index contributed by atoms with van der Waals surface area (Å²) in [5.41, 5.74) is 1.35. The van der Waals surface area contributed by atoms with Crippen LogP contribution < -0.4 is 10.2 Å². The number of amides is 1. The number of nitrogens with one attached hydrogen (secondary N) is 1. The van der Waals surface area contributed by atoms with E-state index in [-0.39, 0.29) is 17.4 Å². The van der Waals surface area contributed by atoms with E-state index in [9.17, 15) is 9.90 Å². The van der Waals surface area contributed by atoms with Gasteiger partial charge in [-0.25, -0.2) is 0 Å². The first kappa shape index (κ1) is 28.8. The Bertz CT molecular complexity index is 710. The highest BCUT2D eigenvalue weighted by molar-refractivity contribution is 5.94. The number of rotatable bonds is 14. The second kappa shape index (κ2) is 15.5. The van der Waals surface area contributed by atoms with Crippen LogP contribution in [0.1, 0.15) is 110 Å². The number of carbonyl (C=O) groups excluding carboxylic acids is 1. The maximum atomic E-state index is 13.6. The van der Waals surface area contributed by atoms with E-state index < -0.39 is 6.10 Å². The van der Waals surface area contributed by atoms with Gasteiger partial charge < -0.3 is 20.1 Å². The molecule has 1 aromatic rings. The fraction of sp³-hybridized carbons (Fsp3) is 0.759. The largest absolute Gasteiger partial charge is 0.388 e. The molecular formula is C29H50N2O3. The average molecular weight is 475 g/mol.